The molecule has 1 aromatic heterocycles. The summed E-state index contributed by atoms with van der Waals surface area (Å²) in [6, 6.07) is 7.15. The number of aromatic nitrogens is 1. The molecule has 2 rings (SSSR count). The molecule has 1 aromatic carbocycles. The molecule has 0 spiro atoms. The van der Waals surface area contributed by atoms with E-state index in [1.54, 1.807) is 12.1 Å². The fourth-order valence-electron chi connectivity index (χ4n) is 1.77. The molecule has 88 valence electrons. The lowest BCUT2D eigenvalue weighted by Crippen LogP contribution is -1.96. The third kappa shape index (κ3) is 2.38. The maximum absolute atomic E-state index is 10.9. The maximum Gasteiger partial charge on any atom is 0.335 e. The topological polar surface area (TPSA) is 42.2 Å². The quantitative estimate of drug-likeness (QED) is 0.820. The largest absolute Gasteiger partial charge is 0.478 e. The molecule has 0 amide bonds. The Labute approximate surface area is 100.0 Å². The number of hydrogen-bond donors (Lipinski definition) is 1. The molecule has 0 atom stereocenters. The number of benzene rings is 1. The van der Waals surface area contributed by atoms with E-state index in [9.17, 15) is 4.79 Å². The van der Waals surface area contributed by atoms with Crippen molar-refractivity contribution in [2.45, 2.75) is 20.4 Å². The minimum atomic E-state index is -0.885. The van der Waals surface area contributed by atoms with Gasteiger partial charge in [0.15, 0.2) is 0 Å². The lowest BCUT2D eigenvalue weighted by Gasteiger charge is -2.02. The van der Waals surface area contributed by atoms with E-state index in [1.165, 1.54) is 5.57 Å². The Morgan fingerprint density at radius 3 is 2.76 bits per heavy atom. The van der Waals surface area contributed by atoms with E-state index in [0.717, 1.165) is 17.4 Å². The lowest BCUT2D eigenvalue weighted by molar-refractivity contribution is 0.0697. The van der Waals surface area contributed by atoms with Crippen LogP contribution in [0.1, 0.15) is 24.2 Å². The Bertz CT molecular complexity index is 589. The summed E-state index contributed by atoms with van der Waals surface area (Å²) in [6.07, 6.45) is 4.13. The summed E-state index contributed by atoms with van der Waals surface area (Å²) in [6.45, 7) is 4.95. The summed E-state index contributed by atoms with van der Waals surface area (Å²) in [5, 5.41) is 9.88. The van der Waals surface area contributed by atoms with Crippen LogP contribution in [0.3, 0.4) is 0 Å². The van der Waals surface area contributed by atoms with Gasteiger partial charge in [0.1, 0.15) is 0 Å². The summed E-state index contributed by atoms with van der Waals surface area (Å²) >= 11 is 0. The van der Waals surface area contributed by atoms with Crippen molar-refractivity contribution < 1.29 is 9.90 Å². The fourth-order valence-corrected chi connectivity index (χ4v) is 1.77. The Kier molecular flexibility index (Phi) is 3.00. The SMILES string of the molecule is CC(C)=CCn1ccc2cc(C(=O)O)ccc21. The van der Waals surface area contributed by atoms with E-state index in [0.29, 0.717) is 5.56 Å². The highest BCUT2D eigenvalue weighted by atomic mass is 16.4. The molecule has 0 saturated heterocycles. The van der Waals surface area contributed by atoms with Gasteiger partial charge in [-0.25, -0.2) is 4.79 Å². The van der Waals surface area contributed by atoms with Crippen molar-refractivity contribution in [1.29, 1.82) is 0 Å². The molecule has 3 nitrogen and oxygen atoms in total. The Morgan fingerprint density at radius 2 is 2.12 bits per heavy atom. The van der Waals surface area contributed by atoms with Crippen molar-refractivity contribution in [3.63, 3.8) is 0 Å². The monoisotopic (exact) mass is 229 g/mol. The van der Waals surface area contributed by atoms with Crippen LogP contribution in [0.15, 0.2) is 42.1 Å². The van der Waals surface area contributed by atoms with Crippen LogP contribution in [0.5, 0.6) is 0 Å². The second-order valence-corrected chi connectivity index (χ2v) is 4.33. The molecule has 1 N–H and O–H groups in total. The first-order chi connectivity index (χ1) is 8.08. The predicted molar refractivity (Wildman–Crippen MR) is 68.3 cm³/mol. The first-order valence-electron chi connectivity index (χ1n) is 5.53. The smallest absolute Gasteiger partial charge is 0.335 e. The molecule has 0 saturated carbocycles. The highest BCUT2D eigenvalue weighted by molar-refractivity contribution is 5.93. The van der Waals surface area contributed by atoms with E-state index in [1.807, 2.05) is 18.3 Å². The molecule has 0 fully saturated rings. The van der Waals surface area contributed by atoms with Crippen LogP contribution in [-0.4, -0.2) is 15.6 Å². The number of carboxylic acids is 1. The van der Waals surface area contributed by atoms with Crippen molar-refractivity contribution in [2.75, 3.05) is 0 Å². The van der Waals surface area contributed by atoms with Crippen molar-refractivity contribution >= 4 is 16.9 Å². The van der Waals surface area contributed by atoms with Crippen LogP contribution < -0.4 is 0 Å². The number of aromatic carboxylic acids is 1. The van der Waals surface area contributed by atoms with Crippen LogP contribution >= 0.6 is 0 Å². The summed E-state index contributed by atoms with van der Waals surface area (Å²) in [5.41, 5.74) is 2.67. The van der Waals surface area contributed by atoms with Gasteiger partial charge in [-0.05, 0) is 38.1 Å². The fraction of sp³-hybridized carbons (Fsp3) is 0.214. The van der Waals surface area contributed by atoms with E-state index >= 15 is 0 Å². The molecule has 2 aromatic rings. The Morgan fingerprint density at radius 1 is 1.35 bits per heavy atom. The summed E-state index contributed by atoms with van der Waals surface area (Å²) < 4.78 is 2.11. The second kappa shape index (κ2) is 4.45. The summed E-state index contributed by atoms with van der Waals surface area (Å²) in [5.74, 6) is -0.885. The summed E-state index contributed by atoms with van der Waals surface area (Å²) in [7, 11) is 0. The van der Waals surface area contributed by atoms with Crippen molar-refractivity contribution in [1.82, 2.24) is 4.57 Å². The third-order valence-corrected chi connectivity index (χ3v) is 2.71. The molecule has 0 aliphatic rings. The van der Waals surface area contributed by atoms with Crippen molar-refractivity contribution in [3.8, 4) is 0 Å². The van der Waals surface area contributed by atoms with E-state index < -0.39 is 5.97 Å². The summed E-state index contributed by atoms with van der Waals surface area (Å²) in [4.78, 5) is 10.9. The van der Waals surface area contributed by atoms with Gasteiger partial charge in [-0.15, -0.1) is 0 Å². The predicted octanol–water partition coefficient (Wildman–Crippen LogP) is 3.31. The number of rotatable bonds is 3. The first kappa shape index (κ1) is 11.5. The Balaban J connectivity index is 2.41. The average molecular weight is 229 g/mol. The molecule has 0 radical (unpaired) electrons. The van der Waals surface area contributed by atoms with Gasteiger partial charge in [-0.1, -0.05) is 11.6 Å². The molecule has 0 bridgehead atoms. The number of nitrogens with zero attached hydrogens (tertiary/aromatic N) is 1. The van der Waals surface area contributed by atoms with Gasteiger partial charge in [0.05, 0.1) is 5.56 Å². The second-order valence-electron chi connectivity index (χ2n) is 4.33. The van der Waals surface area contributed by atoms with Crippen LogP contribution in [0, 0.1) is 0 Å². The highest BCUT2D eigenvalue weighted by Crippen LogP contribution is 2.18. The van der Waals surface area contributed by atoms with E-state index in [2.05, 4.69) is 24.5 Å². The molecule has 0 aliphatic carbocycles. The number of carboxylic acid groups (broad SMARTS) is 1. The molecule has 3 heteroatoms. The van der Waals surface area contributed by atoms with Gasteiger partial charge < -0.3 is 9.67 Å². The zero-order chi connectivity index (χ0) is 12.4. The lowest BCUT2D eigenvalue weighted by atomic mass is 10.1. The van der Waals surface area contributed by atoms with Crippen LogP contribution in [0.4, 0.5) is 0 Å². The molecule has 1 heterocycles. The van der Waals surface area contributed by atoms with Crippen molar-refractivity contribution in [3.05, 3.63) is 47.7 Å². The van der Waals surface area contributed by atoms with Gasteiger partial charge in [0.2, 0.25) is 0 Å². The minimum absolute atomic E-state index is 0.331. The molecule has 17 heavy (non-hydrogen) atoms. The maximum atomic E-state index is 10.9. The normalized spacial score (nSPS) is 10.5. The van der Waals surface area contributed by atoms with Crippen LogP contribution in [-0.2, 0) is 6.54 Å². The Hall–Kier alpha value is -2.03. The molecule has 0 unspecified atom stereocenters. The van der Waals surface area contributed by atoms with Crippen LogP contribution in [0.2, 0.25) is 0 Å². The zero-order valence-corrected chi connectivity index (χ0v) is 9.97. The number of carbonyl (C=O) groups is 1. The van der Waals surface area contributed by atoms with Gasteiger partial charge >= 0.3 is 5.97 Å². The van der Waals surface area contributed by atoms with E-state index in [4.69, 9.17) is 5.11 Å². The van der Waals surface area contributed by atoms with E-state index in [-0.39, 0.29) is 0 Å². The van der Waals surface area contributed by atoms with Gasteiger partial charge in [-0.2, -0.15) is 0 Å². The van der Waals surface area contributed by atoms with Gasteiger partial charge in [-0.3, -0.25) is 0 Å². The molecular weight excluding hydrogens is 214 g/mol. The number of hydrogen-bond acceptors (Lipinski definition) is 1. The third-order valence-electron chi connectivity index (χ3n) is 2.71. The van der Waals surface area contributed by atoms with Gasteiger partial charge in [0.25, 0.3) is 0 Å². The zero-order valence-electron chi connectivity index (χ0n) is 9.97. The molecular formula is C14H15NO2. The standard InChI is InChI=1S/C14H15NO2/c1-10(2)5-7-15-8-6-11-9-12(14(16)17)3-4-13(11)15/h3-6,8-9H,7H2,1-2H3,(H,16,17). The molecule has 0 aliphatic heterocycles. The number of allylic oxidation sites excluding steroid dienone is 2. The van der Waals surface area contributed by atoms with Crippen molar-refractivity contribution in [2.24, 2.45) is 0 Å². The number of fused-ring (bicyclic) bond motifs is 1. The minimum Gasteiger partial charge on any atom is -0.478 e. The van der Waals surface area contributed by atoms with Gasteiger partial charge in [0, 0.05) is 23.6 Å². The first-order valence-corrected chi connectivity index (χ1v) is 5.53. The average Bonchev–Trinajstić information content (AvgIpc) is 2.68. The highest BCUT2D eigenvalue weighted by Gasteiger charge is 2.05. The van der Waals surface area contributed by atoms with Crippen LogP contribution in [0.25, 0.3) is 10.9 Å².